The Morgan fingerprint density at radius 1 is 0.938 bits per heavy atom. The van der Waals surface area contributed by atoms with E-state index in [0.717, 1.165) is 63.3 Å². The van der Waals surface area contributed by atoms with Crippen LogP contribution in [0.3, 0.4) is 0 Å². The van der Waals surface area contributed by atoms with E-state index in [9.17, 15) is 4.79 Å². The fourth-order valence-corrected chi connectivity index (χ4v) is 5.23. The van der Waals surface area contributed by atoms with Gasteiger partial charge in [-0.3, -0.25) is 4.79 Å². The van der Waals surface area contributed by atoms with Crippen LogP contribution in [0.15, 0.2) is 78.9 Å². The lowest BCUT2D eigenvalue weighted by molar-refractivity contribution is 0.0997. The van der Waals surface area contributed by atoms with Gasteiger partial charge in [-0.1, -0.05) is 54.6 Å². The number of nitrogens with zero attached hydrogens (tertiary/aromatic N) is 1. The second-order valence-corrected chi connectivity index (χ2v) is 9.67. The average molecular weight is 442 g/mol. The van der Waals surface area contributed by atoms with E-state index in [1.165, 1.54) is 0 Å². The van der Waals surface area contributed by atoms with Crippen LogP contribution in [0.5, 0.6) is 5.75 Å². The molecular weight excluding hydrogens is 414 g/mol. The van der Waals surface area contributed by atoms with E-state index in [4.69, 9.17) is 4.74 Å². The number of benzene rings is 3. The van der Waals surface area contributed by atoms with Crippen molar-refractivity contribution < 1.29 is 9.53 Å². The Labute approximate surface area is 193 Å². The molecule has 0 atom stereocenters. The molecule has 1 aliphatic rings. The number of ether oxygens (including phenoxy) is 1. The number of ketones is 1. The predicted octanol–water partition coefficient (Wildman–Crippen LogP) is 6.47. The van der Waals surface area contributed by atoms with Gasteiger partial charge in [-0.15, -0.1) is 11.3 Å². The maximum Gasteiger partial charge on any atom is 0.177 e. The van der Waals surface area contributed by atoms with E-state index in [-0.39, 0.29) is 5.78 Å². The number of Topliss-reactive ketones (excluding diaryl/α,β-unsaturated/α-hetero) is 1. The van der Waals surface area contributed by atoms with E-state index < -0.39 is 0 Å². The Morgan fingerprint density at radius 3 is 2.28 bits per heavy atom. The van der Waals surface area contributed by atoms with Crippen molar-refractivity contribution >= 4 is 27.2 Å². The summed E-state index contributed by atoms with van der Waals surface area (Å²) in [6, 6.07) is 26.8. The van der Waals surface area contributed by atoms with Gasteiger partial charge >= 0.3 is 0 Å². The normalized spacial score (nSPS) is 15.2. The van der Waals surface area contributed by atoms with Gasteiger partial charge in [0.1, 0.15) is 11.9 Å². The molecule has 0 spiro atoms. The summed E-state index contributed by atoms with van der Waals surface area (Å²) in [5, 5.41) is 1.14. The molecule has 0 N–H and O–H groups in total. The molecule has 4 aromatic rings. The highest BCUT2D eigenvalue weighted by Crippen LogP contribution is 2.28. The number of thiophene rings is 1. The number of hydrogen-bond donors (Lipinski definition) is 0. The molecule has 0 saturated carbocycles. The summed E-state index contributed by atoms with van der Waals surface area (Å²) in [6.45, 7) is 2.20. The fraction of sp³-hybridized carbons (Fsp3) is 0.250. The largest absolute Gasteiger partial charge is 0.490 e. The minimum Gasteiger partial charge on any atom is -0.490 e. The van der Waals surface area contributed by atoms with Gasteiger partial charge in [-0.25, -0.2) is 0 Å². The van der Waals surface area contributed by atoms with Crippen LogP contribution in [-0.2, 0) is 6.42 Å². The summed E-state index contributed by atoms with van der Waals surface area (Å²) in [4.78, 5) is 15.9. The van der Waals surface area contributed by atoms with Crippen molar-refractivity contribution in [2.75, 3.05) is 20.1 Å². The summed E-state index contributed by atoms with van der Waals surface area (Å²) < 4.78 is 7.32. The van der Waals surface area contributed by atoms with Crippen molar-refractivity contribution in [2.24, 2.45) is 0 Å². The first-order valence-electron chi connectivity index (χ1n) is 11.2. The van der Waals surface area contributed by atoms with E-state index >= 15 is 0 Å². The van der Waals surface area contributed by atoms with Gasteiger partial charge in [-0.05, 0) is 66.2 Å². The summed E-state index contributed by atoms with van der Waals surface area (Å²) in [6.07, 6.45) is 2.91. The molecular formula is C28H27NO2S. The van der Waals surface area contributed by atoms with Crippen molar-refractivity contribution in [2.45, 2.75) is 25.4 Å². The van der Waals surface area contributed by atoms with Crippen molar-refractivity contribution in [3.8, 4) is 16.9 Å². The summed E-state index contributed by atoms with van der Waals surface area (Å²) in [5.41, 5.74) is 3.34. The number of likely N-dealkylation sites (tertiary alicyclic amines) is 1. The summed E-state index contributed by atoms with van der Waals surface area (Å²) in [7, 11) is 2.16. The molecule has 0 unspecified atom stereocenters. The SMILES string of the molecule is CN1CCC(Oc2ccc(-c3ccc(CC(=O)c4cc5ccccc5s4)cc3)cc2)CC1. The topological polar surface area (TPSA) is 29.5 Å². The lowest BCUT2D eigenvalue weighted by Crippen LogP contribution is -2.35. The van der Waals surface area contributed by atoms with Gasteiger partial charge in [0.05, 0.1) is 4.88 Å². The van der Waals surface area contributed by atoms with Crippen molar-refractivity contribution in [1.82, 2.24) is 4.90 Å². The third-order valence-corrected chi connectivity index (χ3v) is 7.33. The second-order valence-electron chi connectivity index (χ2n) is 8.59. The van der Waals surface area contributed by atoms with Crippen molar-refractivity contribution in [3.63, 3.8) is 0 Å². The number of carbonyl (C=O) groups excluding carboxylic acids is 1. The fourth-order valence-electron chi connectivity index (χ4n) is 4.23. The first kappa shape index (κ1) is 20.9. The highest BCUT2D eigenvalue weighted by atomic mass is 32.1. The smallest absolute Gasteiger partial charge is 0.177 e. The van der Waals surface area contributed by atoms with Crippen LogP contribution in [-0.4, -0.2) is 36.9 Å². The predicted molar refractivity (Wildman–Crippen MR) is 133 cm³/mol. The van der Waals surface area contributed by atoms with Crippen LogP contribution in [0.1, 0.15) is 28.1 Å². The molecule has 3 aromatic carbocycles. The number of hydrogen-bond acceptors (Lipinski definition) is 4. The molecule has 4 heteroatoms. The molecule has 0 amide bonds. The van der Waals surface area contributed by atoms with Gasteiger partial charge in [0.2, 0.25) is 0 Å². The van der Waals surface area contributed by atoms with E-state index in [0.29, 0.717) is 12.5 Å². The third-order valence-electron chi connectivity index (χ3n) is 6.17. The molecule has 32 heavy (non-hydrogen) atoms. The highest BCUT2D eigenvalue weighted by Gasteiger charge is 2.18. The molecule has 0 bridgehead atoms. The van der Waals surface area contributed by atoms with Crippen molar-refractivity contribution in [3.05, 3.63) is 89.3 Å². The molecule has 1 aliphatic heterocycles. The van der Waals surface area contributed by atoms with Gasteiger partial charge in [0, 0.05) is 24.2 Å². The quantitative estimate of drug-likeness (QED) is 0.321. The monoisotopic (exact) mass is 441 g/mol. The summed E-state index contributed by atoms with van der Waals surface area (Å²) in [5.74, 6) is 1.11. The summed E-state index contributed by atoms with van der Waals surface area (Å²) >= 11 is 1.57. The van der Waals surface area contributed by atoms with Crippen LogP contribution < -0.4 is 4.74 Å². The Bertz CT molecular complexity index is 1170. The zero-order valence-electron chi connectivity index (χ0n) is 18.3. The molecule has 2 heterocycles. The molecule has 1 saturated heterocycles. The first-order chi connectivity index (χ1) is 15.6. The van der Waals surface area contributed by atoms with Crippen molar-refractivity contribution in [1.29, 1.82) is 0 Å². The van der Waals surface area contributed by atoms with Gasteiger partial charge in [-0.2, -0.15) is 0 Å². The first-order valence-corrected chi connectivity index (χ1v) is 12.0. The Balaban J connectivity index is 1.21. The van der Waals surface area contributed by atoms with Crippen LogP contribution in [0.4, 0.5) is 0 Å². The molecule has 0 radical (unpaired) electrons. The molecule has 5 rings (SSSR count). The van der Waals surface area contributed by atoms with Crippen LogP contribution in [0.2, 0.25) is 0 Å². The van der Waals surface area contributed by atoms with E-state index in [1.807, 2.05) is 18.2 Å². The molecule has 0 aliphatic carbocycles. The number of carbonyl (C=O) groups is 1. The maximum absolute atomic E-state index is 12.8. The van der Waals surface area contributed by atoms with E-state index in [1.54, 1.807) is 11.3 Å². The number of piperidine rings is 1. The molecule has 162 valence electrons. The van der Waals surface area contributed by atoms with E-state index in [2.05, 4.69) is 72.6 Å². The van der Waals surface area contributed by atoms with Crippen LogP contribution in [0, 0.1) is 0 Å². The van der Waals surface area contributed by atoms with Gasteiger partial charge in [0.15, 0.2) is 5.78 Å². The molecule has 1 fully saturated rings. The highest BCUT2D eigenvalue weighted by molar-refractivity contribution is 7.20. The Morgan fingerprint density at radius 2 is 1.59 bits per heavy atom. The van der Waals surface area contributed by atoms with Gasteiger partial charge in [0.25, 0.3) is 0 Å². The zero-order chi connectivity index (χ0) is 21.9. The van der Waals surface area contributed by atoms with Crippen LogP contribution >= 0.6 is 11.3 Å². The average Bonchev–Trinajstić information content (AvgIpc) is 3.26. The van der Waals surface area contributed by atoms with Crippen LogP contribution in [0.25, 0.3) is 21.2 Å². The Kier molecular flexibility index (Phi) is 6.06. The minimum atomic E-state index is 0.175. The van der Waals surface area contributed by atoms with Gasteiger partial charge < -0.3 is 9.64 Å². The Hall–Kier alpha value is -2.95. The molecule has 3 nitrogen and oxygen atoms in total. The number of rotatable bonds is 6. The lowest BCUT2D eigenvalue weighted by atomic mass is 10.0. The minimum absolute atomic E-state index is 0.175. The zero-order valence-corrected chi connectivity index (χ0v) is 19.1. The standard InChI is InChI=1S/C28H27NO2S/c1-29-16-14-25(15-17-29)31-24-12-10-22(11-13-24)21-8-6-20(7-9-21)18-26(30)28-19-23-4-2-3-5-27(23)32-28/h2-13,19,25H,14-18H2,1H3. The maximum atomic E-state index is 12.8. The second kappa shape index (κ2) is 9.27. The lowest BCUT2D eigenvalue weighted by Gasteiger charge is -2.29. The molecule has 1 aromatic heterocycles. The number of fused-ring (bicyclic) bond motifs is 1. The third kappa shape index (κ3) is 4.77.